The molecule has 3 aromatic carbocycles. The number of nitrogens with one attached hydrogen (secondary N) is 3. The highest BCUT2D eigenvalue weighted by molar-refractivity contribution is 6.40. The van der Waals surface area contributed by atoms with E-state index in [-0.39, 0.29) is 30.1 Å². The fourth-order valence-electron chi connectivity index (χ4n) is 3.72. The van der Waals surface area contributed by atoms with Crippen LogP contribution in [0.25, 0.3) is 0 Å². The minimum absolute atomic E-state index is 0.127. The fraction of sp³-hybridized carbons (Fsp3) is 0.154. The Bertz CT molecular complexity index is 1230. The van der Waals surface area contributed by atoms with Gasteiger partial charge >= 0.3 is 6.03 Å². The Morgan fingerprint density at radius 3 is 2.06 bits per heavy atom. The Morgan fingerprint density at radius 1 is 0.886 bits per heavy atom. The van der Waals surface area contributed by atoms with Gasteiger partial charge in [0.25, 0.3) is 5.91 Å². The summed E-state index contributed by atoms with van der Waals surface area (Å²) in [6.45, 7) is 1.85. The quantitative estimate of drug-likeness (QED) is 0.420. The first kappa shape index (κ1) is 23.5. The zero-order chi connectivity index (χ0) is 24.8. The highest BCUT2D eigenvalue weighted by Crippen LogP contribution is 2.25. The molecule has 0 saturated heterocycles. The molecule has 9 nitrogen and oxygen atoms in total. The van der Waals surface area contributed by atoms with Crippen LogP contribution in [0.3, 0.4) is 0 Å². The van der Waals surface area contributed by atoms with Crippen molar-refractivity contribution in [1.29, 1.82) is 0 Å². The first-order valence-electron chi connectivity index (χ1n) is 11.2. The molecule has 0 bridgehead atoms. The summed E-state index contributed by atoms with van der Waals surface area (Å²) < 4.78 is 0. The molecule has 4 amide bonds. The Morgan fingerprint density at radius 2 is 1.46 bits per heavy atom. The highest BCUT2D eigenvalue weighted by Gasteiger charge is 2.35. The van der Waals surface area contributed by atoms with E-state index in [2.05, 4.69) is 21.1 Å². The molecule has 0 fully saturated rings. The van der Waals surface area contributed by atoms with Crippen molar-refractivity contribution in [2.24, 2.45) is 10.8 Å². The molecular weight excluding hydrogens is 444 g/mol. The molecule has 0 saturated carbocycles. The van der Waals surface area contributed by atoms with Crippen LogP contribution in [-0.4, -0.2) is 29.6 Å². The van der Waals surface area contributed by atoms with Crippen LogP contribution < -0.4 is 26.7 Å². The molecule has 1 aliphatic heterocycles. The molecule has 0 aliphatic carbocycles. The number of rotatable bonds is 7. The van der Waals surface area contributed by atoms with Gasteiger partial charge in [0.15, 0.2) is 0 Å². The van der Waals surface area contributed by atoms with E-state index in [0.717, 1.165) is 5.56 Å². The van der Waals surface area contributed by atoms with Crippen LogP contribution in [0.4, 0.5) is 21.9 Å². The number of nitrogens with two attached hydrogens (primary N) is 1. The molecule has 0 radical (unpaired) electrons. The van der Waals surface area contributed by atoms with Gasteiger partial charge in [0.1, 0.15) is 11.8 Å². The average molecular weight is 471 g/mol. The van der Waals surface area contributed by atoms with Gasteiger partial charge in [-0.2, -0.15) is 5.10 Å². The molecule has 35 heavy (non-hydrogen) atoms. The number of nitrogens with zero attached hydrogens (tertiary/aromatic N) is 2. The van der Waals surface area contributed by atoms with Crippen molar-refractivity contribution < 1.29 is 14.4 Å². The van der Waals surface area contributed by atoms with Crippen molar-refractivity contribution in [3.8, 4) is 0 Å². The number of hydrogen-bond acceptors (Lipinski definition) is 5. The zero-order valence-corrected chi connectivity index (χ0v) is 19.1. The predicted molar refractivity (Wildman–Crippen MR) is 136 cm³/mol. The van der Waals surface area contributed by atoms with Crippen molar-refractivity contribution in [3.05, 3.63) is 90.5 Å². The van der Waals surface area contributed by atoms with Crippen LogP contribution >= 0.6 is 0 Å². The molecular formula is C26H26N6O3. The lowest BCUT2D eigenvalue weighted by atomic mass is 10.1. The van der Waals surface area contributed by atoms with E-state index in [1.165, 1.54) is 5.01 Å². The number of hydrogen-bond donors (Lipinski definition) is 4. The first-order chi connectivity index (χ1) is 16.9. The van der Waals surface area contributed by atoms with E-state index in [1.54, 1.807) is 36.4 Å². The molecule has 3 aromatic rings. The van der Waals surface area contributed by atoms with E-state index >= 15 is 0 Å². The number of carbonyl (C=O) groups is 3. The van der Waals surface area contributed by atoms with E-state index < -0.39 is 11.9 Å². The topological polar surface area (TPSA) is 129 Å². The normalized spacial score (nSPS) is 15.6. The molecule has 178 valence electrons. The lowest BCUT2D eigenvalue weighted by Crippen LogP contribution is -2.40. The van der Waals surface area contributed by atoms with Crippen LogP contribution in [-0.2, 0) is 9.59 Å². The smallest absolute Gasteiger partial charge is 0.323 e. The molecule has 0 unspecified atom stereocenters. The maximum absolute atomic E-state index is 12.9. The average Bonchev–Trinajstić information content (AvgIpc) is 3.32. The monoisotopic (exact) mass is 470 g/mol. The Kier molecular flexibility index (Phi) is 7.06. The van der Waals surface area contributed by atoms with Crippen molar-refractivity contribution in [2.75, 3.05) is 15.6 Å². The number of benzene rings is 3. The summed E-state index contributed by atoms with van der Waals surface area (Å²) in [6, 6.07) is 24.0. The van der Waals surface area contributed by atoms with Gasteiger partial charge in [-0.05, 0) is 48.9 Å². The van der Waals surface area contributed by atoms with Crippen LogP contribution in [0.5, 0.6) is 0 Å². The maximum atomic E-state index is 12.9. The number of hydrazone groups is 1. The molecule has 9 heteroatoms. The SMILES string of the molecule is C[C@@H](NC(=O)C1=NN(c2ccccc2)[C@@H](C(N)=O)C1)c1ccc(NC(=O)Nc2ccccc2)cc1. The van der Waals surface area contributed by atoms with Crippen LogP contribution in [0.2, 0.25) is 0 Å². The Labute approximate surface area is 203 Å². The second kappa shape index (κ2) is 10.5. The summed E-state index contributed by atoms with van der Waals surface area (Å²) in [5.41, 5.74) is 8.63. The Balaban J connectivity index is 1.36. The third-order valence-corrected chi connectivity index (χ3v) is 5.57. The van der Waals surface area contributed by atoms with Gasteiger partial charge < -0.3 is 21.7 Å². The maximum Gasteiger partial charge on any atom is 0.323 e. The van der Waals surface area contributed by atoms with Gasteiger partial charge in [0.2, 0.25) is 5.91 Å². The van der Waals surface area contributed by atoms with Crippen LogP contribution in [0.15, 0.2) is 90.0 Å². The molecule has 5 N–H and O–H groups in total. The summed E-state index contributed by atoms with van der Waals surface area (Å²) in [4.78, 5) is 37.0. The largest absolute Gasteiger partial charge is 0.368 e. The third kappa shape index (κ3) is 5.83. The lowest BCUT2D eigenvalue weighted by molar-refractivity contribution is -0.119. The van der Waals surface area contributed by atoms with Crippen LogP contribution in [0, 0.1) is 0 Å². The van der Waals surface area contributed by atoms with E-state index in [9.17, 15) is 14.4 Å². The number of carbonyl (C=O) groups excluding carboxylic acids is 3. The first-order valence-corrected chi connectivity index (χ1v) is 11.2. The summed E-state index contributed by atoms with van der Waals surface area (Å²) in [5, 5.41) is 14.3. The number of urea groups is 1. The van der Waals surface area contributed by atoms with Gasteiger partial charge in [0.05, 0.1) is 11.7 Å². The summed E-state index contributed by atoms with van der Waals surface area (Å²) in [7, 11) is 0. The summed E-state index contributed by atoms with van der Waals surface area (Å²) in [6.07, 6.45) is 0.127. The predicted octanol–water partition coefficient (Wildman–Crippen LogP) is 3.63. The number of amides is 4. The molecule has 4 rings (SSSR count). The molecule has 1 heterocycles. The van der Waals surface area contributed by atoms with Crippen molar-refractivity contribution in [1.82, 2.24) is 5.32 Å². The summed E-state index contributed by atoms with van der Waals surface area (Å²) >= 11 is 0. The lowest BCUT2D eigenvalue weighted by Gasteiger charge is -2.20. The standard InChI is InChI=1S/C26H26N6O3/c1-17(18-12-14-20(15-13-18)30-26(35)29-19-8-4-2-5-9-19)28-25(34)22-16-23(24(27)33)32(31-22)21-10-6-3-7-11-21/h2-15,17,23H,16H2,1H3,(H2,27,33)(H,28,34)(H2,29,30,35)/t17-,23-/m1/s1. The molecule has 0 aromatic heterocycles. The van der Waals surface area contributed by atoms with Gasteiger partial charge in [-0.25, -0.2) is 4.79 Å². The van der Waals surface area contributed by atoms with Gasteiger partial charge in [-0.15, -0.1) is 0 Å². The van der Waals surface area contributed by atoms with Gasteiger partial charge in [-0.3, -0.25) is 14.6 Å². The highest BCUT2D eigenvalue weighted by atomic mass is 16.2. The molecule has 2 atom stereocenters. The van der Waals surface area contributed by atoms with Gasteiger partial charge in [-0.1, -0.05) is 48.5 Å². The number of anilines is 3. The Hall–Kier alpha value is -4.66. The van der Waals surface area contributed by atoms with E-state index in [4.69, 9.17) is 5.73 Å². The number of primary amides is 1. The van der Waals surface area contributed by atoms with Crippen LogP contribution in [0.1, 0.15) is 24.9 Å². The minimum atomic E-state index is -0.721. The van der Waals surface area contributed by atoms with Gasteiger partial charge in [0, 0.05) is 17.8 Å². The second-order valence-electron chi connectivity index (χ2n) is 8.11. The molecule has 0 spiro atoms. The third-order valence-electron chi connectivity index (χ3n) is 5.57. The summed E-state index contributed by atoms with van der Waals surface area (Å²) in [5.74, 6) is -0.917. The molecule has 1 aliphatic rings. The van der Waals surface area contributed by atoms with Crippen molar-refractivity contribution in [2.45, 2.75) is 25.4 Å². The van der Waals surface area contributed by atoms with E-state index in [0.29, 0.717) is 17.1 Å². The fourth-order valence-corrected chi connectivity index (χ4v) is 3.72. The number of para-hydroxylation sites is 2. The minimum Gasteiger partial charge on any atom is -0.368 e. The zero-order valence-electron chi connectivity index (χ0n) is 19.1. The second-order valence-corrected chi connectivity index (χ2v) is 8.11. The van der Waals surface area contributed by atoms with E-state index in [1.807, 2.05) is 55.5 Å². The van der Waals surface area contributed by atoms with Crippen molar-refractivity contribution in [3.63, 3.8) is 0 Å². The van der Waals surface area contributed by atoms with Crippen molar-refractivity contribution >= 4 is 40.6 Å².